The van der Waals surface area contributed by atoms with Crippen LogP contribution in [0.25, 0.3) is 34.4 Å². The first-order valence-corrected chi connectivity index (χ1v) is 41.9. The van der Waals surface area contributed by atoms with Crippen molar-refractivity contribution in [3.63, 3.8) is 0 Å². The van der Waals surface area contributed by atoms with Gasteiger partial charge in [0.2, 0.25) is 0 Å². The van der Waals surface area contributed by atoms with E-state index in [-0.39, 0.29) is 7.25 Å². The minimum absolute atomic E-state index is 0.104. The number of hydrogen-bond donors (Lipinski definition) is 0. The van der Waals surface area contributed by atoms with Crippen molar-refractivity contribution in [2.24, 2.45) is 0 Å². The van der Waals surface area contributed by atoms with Crippen molar-refractivity contribution in [3.8, 4) is 22.3 Å². The molecule has 4 aromatic carbocycles. The summed E-state index contributed by atoms with van der Waals surface area (Å²) in [5.41, 5.74) is 16.3. The molecule has 0 amide bonds. The fraction of sp³-hybridized carbons (Fsp3) is 0.378. The number of hydrogen-bond acceptors (Lipinski definition) is 0. The summed E-state index contributed by atoms with van der Waals surface area (Å²) < 4.78 is 0.221. The van der Waals surface area contributed by atoms with Gasteiger partial charge in [0, 0.05) is 0 Å². The molecule has 0 nitrogen and oxygen atoms in total. The minimum atomic E-state index is -4.94. The molecule has 0 spiro atoms. The van der Waals surface area contributed by atoms with Crippen molar-refractivity contribution in [1.82, 2.24) is 0 Å². The Labute approximate surface area is 320 Å². The maximum absolute atomic E-state index is 8.94. The van der Waals surface area contributed by atoms with Gasteiger partial charge in [0.15, 0.2) is 0 Å². The summed E-state index contributed by atoms with van der Waals surface area (Å²) >= 11 is -4.94. The summed E-state index contributed by atoms with van der Waals surface area (Å²) in [6.07, 6.45) is 5.98. The van der Waals surface area contributed by atoms with E-state index in [2.05, 4.69) is 166 Å². The zero-order valence-electron chi connectivity index (χ0n) is 33.2. The topological polar surface area (TPSA) is 0 Å². The van der Waals surface area contributed by atoms with Crippen molar-refractivity contribution in [1.29, 1.82) is 0 Å². The Hall–Kier alpha value is -1.53. The predicted octanol–water partition coefficient (Wildman–Crippen LogP) is 13.5. The second-order valence-corrected chi connectivity index (χ2v) is 68.6. The maximum atomic E-state index is 8.94. The molecule has 269 valence electrons. The molecule has 0 aliphatic heterocycles. The second kappa shape index (κ2) is 14.0. The van der Waals surface area contributed by atoms with Crippen LogP contribution in [-0.4, -0.2) is 22.1 Å². The van der Waals surface area contributed by atoms with Crippen molar-refractivity contribution in [2.75, 3.05) is 0 Å². The van der Waals surface area contributed by atoms with Gasteiger partial charge in [-0.15, -0.1) is 0 Å². The summed E-state index contributed by atoms with van der Waals surface area (Å²) in [7, 11) is 15.1. The van der Waals surface area contributed by atoms with Gasteiger partial charge in [0.1, 0.15) is 0 Å². The van der Waals surface area contributed by atoms with Crippen LogP contribution in [0.2, 0.25) is 51.4 Å². The molecule has 0 bridgehead atoms. The van der Waals surface area contributed by atoms with Crippen LogP contribution in [0.1, 0.15) is 74.7 Å². The first-order valence-electron chi connectivity index (χ1n) is 19.3. The molecule has 4 aromatic rings. The predicted molar refractivity (Wildman–Crippen MR) is 236 cm³/mol. The fourth-order valence-electron chi connectivity index (χ4n) is 9.72. The Morgan fingerprint density at radius 1 is 0.569 bits per heavy atom. The van der Waals surface area contributed by atoms with Gasteiger partial charge in [-0.25, -0.2) is 0 Å². The molecule has 6 heteroatoms. The summed E-state index contributed by atoms with van der Waals surface area (Å²) in [5.74, 6) is -1.66. The quantitative estimate of drug-likeness (QED) is 0.140. The number of aryl methyl sites for hydroxylation is 2. The zero-order chi connectivity index (χ0) is 37.3. The van der Waals surface area contributed by atoms with Crippen molar-refractivity contribution < 1.29 is 15.6 Å². The van der Waals surface area contributed by atoms with Gasteiger partial charge >= 0.3 is 323 Å². The molecule has 0 saturated heterocycles. The Bertz CT molecular complexity index is 2040. The van der Waals surface area contributed by atoms with E-state index in [1.54, 1.807) is 0 Å². The van der Waals surface area contributed by atoms with E-state index < -0.39 is 37.6 Å². The number of halogens is 2. The van der Waals surface area contributed by atoms with Crippen molar-refractivity contribution in [2.45, 2.75) is 107 Å². The van der Waals surface area contributed by atoms with Crippen LogP contribution in [0.3, 0.4) is 0 Å². The van der Waals surface area contributed by atoms with E-state index in [0.29, 0.717) is 0 Å². The number of benzene rings is 4. The van der Waals surface area contributed by atoms with Crippen LogP contribution < -0.4 is 10.4 Å². The molecule has 2 aliphatic rings. The molecule has 51 heavy (non-hydrogen) atoms. The molecule has 0 radical (unpaired) electrons. The van der Waals surface area contributed by atoms with E-state index in [1.165, 1.54) is 77.2 Å². The van der Waals surface area contributed by atoms with Gasteiger partial charge in [-0.2, -0.15) is 0 Å². The van der Waals surface area contributed by atoms with Crippen LogP contribution >= 0.6 is 17.0 Å². The molecule has 0 aromatic heterocycles. The Kier molecular flexibility index (Phi) is 10.7. The molecule has 0 fully saturated rings. The third-order valence-electron chi connectivity index (χ3n) is 12.5. The van der Waals surface area contributed by atoms with Crippen LogP contribution in [0.5, 0.6) is 0 Å². The number of rotatable bonds is 10. The van der Waals surface area contributed by atoms with Crippen LogP contribution in [-0.2, 0) is 15.6 Å². The Morgan fingerprint density at radius 2 is 0.980 bits per heavy atom. The van der Waals surface area contributed by atoms with E-state index >= 15 is 0 Å². The SMILES string of the molecule is CCC1=Cc2c(-c3ccc([Si](C)(C)C)cc3)ccc(C)c2[CH]1[Zr]([Cl])([Cl])([CH]1C(C)=Cc2c(-c3ccc([Si](C)(C)C)cc3)ccc(C)c21)[SiH](CC)CC. The normalized spacial score (nSPS) is 18.3. The van der Waals surface area contributed by atoms with Crippen molar-refractivity contribution in [3.05, 3.63) is 117 Å². The summed E-state index contributed by atoms with van der Waals surface area (Å²) in [5, 5.41) is 2.99. The molecule has 0 N–H and O–H groups in total. The average molecular weight is 846 g/mol. The molecule has 2 aliphatic carbocycles. The van der Waals surface area contributed by atoms with E-state index in [1.807, 2.05) is 0 Å². The molecule has 0 heterocycles. The summed E-state index contributed by atoms with van der Waals surface area (Å²) in [4.78, 5) is 0. The van der Waals surface area contributed by atoms with E-state index in [4.69, 9.17) is 17.0 Å². The zero-order valence-corrected chi connectivity index (χ0v) is 40.3. The number of allylic oxidation sites excluding steroid dienone is 2. The van der Waals surface area contributed by atoms with Gasteiger partial charge < -0.3 is 0 Å². The van der Waals surface area contributed by atoms with Gasteiger partial charge in [-0.1, -0.05) is 0 Å². The molecule has 0 saturated carbocycles. The molecular formula is C45H59Cl2Si3Zr. The average Bonchev–Trinajstić information content (AvgIpc) is 3.66. The Balaban J connectivity index is 1.58. The first kappa shape index (κ1) is 39.2. The van der Waals surface area contributed by atoms with Gasteiger partial charge in [0.25, 0.3) is 0 Å². The van der Waals surface area contributed by atoms with Crippen LogP contribution in [0.4, 0.5) is 0 Å². The monoisotopic (exact) mass is 843 g/mol. The molecule has 2 atom stereocenters. The van der Waals surface area contributed by atoms with Gasteiger partial charge in [0.05, 0.1) is 0 Å². The first-order chi connectivity index (χ1) is 23.9. The third kappa shape index (κ3) is 6.55. The number of fused-ring (bicyclic) bond motifs is 2. The van der Waals surface area contributed by atoms with Crippen LogP contribution in [0, 0.1) is 13.8 Å². The van der Waals surface area contributed by atoms with E-state index in [0.717, 1.165) is 18.5 Å². The van der Waals surface area contributed by atoms with Gasteiger partial charge in [-0.05, 0) is 0 Å². The van der Waals surface area contributed by atoms with Gasteiger partial charge in [-0.3, -0.25) is 0 Å². The van der Waals surface area contributed by atoms with E-state index in [9.17, 15) is 0 Å². The van der Waals surface area contributed by atoms with Crippen LogP contribution in [0.15, 0.2) is 83.9 Å². The Morgan fingerprint density at radius 3 is 1.37 bits per heavy atom. The molecule has 6 rings (SSSR count). The summed E-state index contributed by atoms with van der Waals surface area (Å²) in [6.45, 7) is 28.6. The van der Waals surface area contributed by atoms with Crippen molar-refractivity contribution >= 4 is 61.6 Å². The summed E-state index contributed by atoms with van der Waals surface area (Å²) in [6, 6.07) is 30.6. The third-order valence-corrected chi connectivity index (χ3v) is 66.6. The molecule has 2 unspecified atom stereocenters. The fourth-order valence-corrected chi connectivity index (χ4v) is 65.8. The standard InChI is InChI=1S/C21H25Si.C20H23Si.C4H11Si.2ClH.Zr/c1-6-16-13-20-15(2)7-12-19(21(20)14-16)17-8-10-18(11-9-17)22(3,4)5;1-14-12-19-15(2)6-11-18(20(19)13-14)16-7-9-17(10-8-16)21(3,4)5;1-3-5-4-2;;;/h7-14H,6H2,1-5H3;6-13H,1-5H3;5H,3-4H2,1-2H3;2*1H;/q;;;;;+2/p-2. The second-order valence-electron chi connectivity index (χ2n) is 17.7. The molecular weight excluding hydrogens is 787 g/mol.